The van der Waals surface area contributed by atoms with E-state index in [1.807, 2.05) is 0 Å². The van der Waals surface area contributed by atoms with Crippen LogP contribution in [-0.4, -0.2) is 11.3 Å². The van der Waals surface area contributed by atoms with Gasteiger partial charge in [-0.3, -0.25) is 0 Å². The van der Waals surface area contributed by atoms with Crippen molar-refractivity contribution in [2.45, 2.75) is 63.5 Å². The highest BCUT2D eigenvalue weighted by molar-refractivity contribution is 8.00. The van der Waals surface area contributed by atoms with Gasteiger partial charge in [-0.15, -0.1) is 11.8 Å². The Bertz CT molecular complexity index is 437. The number of thioether (sulfide) groups is 1. The standard InChI is InChI=1S/C17H27NS/c1-6-9-18-16-15-10-13(12(2)3)7-8-14(15)11-19-17(16,4)5/h7-8,10,12,16,18H,6,9,11H2,1-5H3. The molecule has 1 aromatic carbocycles. The Morgan fingerprint density at radius 2 is 2.11 bits per heavy atom. The minimum Gasteiger partial charge on any atom is -0.309 e. The van der Waals surface area contributed by atoms with E-state index in [4.69, 9.17) is 0 Å². The Hall–Kier alpha value is -0.470. The molecule has 2 heteroatoms. The molecule has 1 unspecified atom stereocenters. The molecule has 1 atom stereocenters. The van der Waals surface area contributed by atoms with Crippen LogP contribution >= 0.6 is 11.8 Å². The van der Waals surface area contributed by atoms with E-state index in [0.29, 0.717) is 12.0 Å². The average Bonchev–Trinajstić information content (AvgIpc) is 2.36. The van der Waals surface area contributed by atoms with E-state index in [-0.39, 0.29) is 4.75 Å². The molecule has 1 N–H and O–H groups in total. The highest BCUT2D eigenvalue weighted by atomic mass is 32.2. The Labute approximate surface area is 122 Å². The number of hydrogen-bond acceptors (Lipinski definition) is 2. The largest absolute Gasteiger partial charge is 0.309 e. The van der Waals surface area contributed by atoms with Gasteiger partial charge < -0.3 is 5.32 Å². The van der Waals surface area contributed by atoms with E-state index in [2.05, 4.69) is 69.9 Å². The molecule has 0 bridgehead atoms. The van der Waals surface area contributed by atoms with Gasteiger partial charge in [-0.05, 0) is 49.4 Å². The SMILES string of the molecule is CCCNC1c2cc(C(C)C)ccc2CSC1(C)C. The number of fused-ring (bicyclic) bond motifs is 1. The molecule has 0 radical (unpaired) electrons. The molecule has 0 saturated heterocycles. The van der Waals surface area contributed by atoms with Crippen LogP contribution in [0.3, 0.4) is 0 Å². The summed E-state index contributed by atoms with van der Waals surface area (Å²) in [6.07, 6.45) is 1.19. The minimum absolute atomic E-state index is 0.276. The monoisotopic (exact) mass is 277 g/mol. The Balaban J connectivity index is 2.38. The lowest BCUT2D eigenvalue weighted by Crippen LogP contribution is -2.40. The lowest BCUT2D eigenvalue weighted by Gasteiger charge is -2.40. The minimum atomic E-state index is 0.276. The fraction of sp³-hybridized carbons (Fsp3) is 0.647. The highest BCUT2D eigenvalue weighted by Crippen LogP contribution is 2.46. The quantitative estimate of drug-likeness (QED) is 0.842. The summed E-state index contributed by atoms with van der Waals surface area (Å²) in [4.78, 5) is 0. The van der Waals surface area contributed by atoms with E-state index in [0.717, 1.165) is 12.3 Å². The predicted octanol–water partition coefficient (Wildman–Crippen LogP) is 4.88. The Morgan fingerprint density at radius 3 is 2.74 bits per heavy atom. The third-order valence-corrected chi connectivity index (χ3v) is 5.48. The Kier molecular flexibility index (Phi) is 4.62. The van der Waals surface area contributed by atoms with E-state index in [1.54, 1.807) is 0 Å². The molecule has 1 aliphatic heterocycles. The van der Waals surface area contributed by atoms with Crippen LogP contribution in [0.2, 0.25) is 0 Å². The second-order valence-electron chi connectivity index (χ2n) is 6.39. The molecule has 0 aromatic heterocycles. The zero-order valence-electron chi connectivity index (χ0n) is 12.9. The van der Waals surface area contributed by atoms with Crippen molar-refractivity contribution in [1.82, 2.24) is 5.32 Å². The van der Waals surface area contributed by atoms with E-state index in [9.17, 15) is 0 Å². The normalized spacial score (nSPS) is 21.5. The molecule has 1 nitrogen and oxygen atoms in total. The summed E-state index contributed by atoms with van der Waals surface area (Å²) in [6.45, 7) is 12.6. The average molecular weight is 277 g/mol. The summed E-state index contributed by atoms with van der Waals surface area (Å²) in [5.41, 5.74) is 4.51. The van der Waals surface area contributed by atoms with Gasteiger partial charge in [0.1, 0.15) is 0 Å². The van der Waals surface area contributed by atoms with Gasteiger partial charge in [0.05, 0.1) is 0 Å². The number of rotatable bonds is 4. The maximum Gasteiger partial charge on any atom is 0.0467 e. The molecule has 0 saturated carbocycles. The summed E-state index contributed by atoms with van der Waals surface area (Å²) in [7, 11) is 0. The summed E-state index contributed by atoms with van der Waals surface area (Å²) in [5.74, 6) is 1.75. The van der Waals surface area contributed by atoms with Crippen molar-refractivity contribution in [1.29, 1.82) is 0 Å². The van der Waals surface area contributed by atoms with Crippen molar-refractivity contribution < 1.29 is 0 Å². The summed E-state index contributed by atoms with van der Waals surface area (Å²) in [5, 5.41) is 3.76. The first kappa shape index (κ1) is 14.9. The van der Waals surface area contributed by atoms with Crippen molar-refractivity contribution >= 4 is 11.8 Å². The highest BCUT2D eigenvalue weighted by Gasteiger charge is 2.36. The summed E-state index contributed by atoms with van der Waals surface area (Å²) < 4.78 is 0.276. The molecule has 1 aromatic rings. The molecule has 0 amide bonds. The van der Waals surface area contributed by atoms with Crippen LogP contribution in [0.1, 0.15) is 69.7 Å². The van der Waals surface area contributed by atoms with Gasteiger partial charge in [0.15, 0.2) is 0 Å². The molecule has 1 heterocycles. The van der Waals surface area contributed by atoms with Crippen LogP contribution < -0.4 is 5.32 Å². The van der Waals surface area contributed by atoms with Gasteiger partial charge in [0.25, 0.3) is 0 Å². The summed E-state index contributed by atoms with van der Waals surface area (Å²) in [6, 6.07) is 7.56. The lowest BCUT2D eigenvalue weighted by atomic mass is 9.88. The van der Waals surface area contributed by atoms with Crippen LogP contribution in [0.5, 0.6) is 0 Å². The smallest absolute Gasteiger partial charge is 0.0467 e. The van der Waals surface area contributed by atoms with Crippen LogP contribution in [-0.2, 0) is 5.75 Å². The molecule has 0 fully saturated rings. The van der Waals surface area contributed by atoms with Crippen LogP contribution in [0.25, 0.3) is 0 Å². The van der Waals surface area contributed by atoms with Gasteiger partial charge in [-0.1, -0.05) is 39.0 Å². The molecule has 19 heavy (non-hydrogen) atoms. The number of nitrogens with one attached hydrogen (secondary N) is 1. The van der Waals surface area contributed by atoms with Gasteiger partial charge in [-0.2, -0.15) is 0 Å². The van der Waals surface area contributed by atoms with Crippen LogP contribution in [0, 0.1) is 0 Å². The second kappa shape index (κ2) is 5.88. The maximum atomic E-state index is 3.76. The topological polar surface area (TPSA) is 12.0 Å². The zero-order valence-corrected chi connectivity index (χ0v) is 13.7. The summed E-state index contributed by atoms with van der Waals surface area (Å²) >= 11 is 2.07. The third-order valence-electron chi connectivity index (χ3n) is 4.04. The van der Waals surface area contributed by atoms with Crippen molar-refractivity contribution in [3.8, 4) is 0 Å². The van der Waals surface area contributed by atoms with E-state index >= 15 is 0 Å². The first-order valence-corrected chi connectivity index (χ1v) is 8.44. The first-order chi connectivity index (χ1) is 8.95. The predicted molar refractivity (Wildman–Crippen MR) is 86.9 cm³/mol. The van der Waals surface area contributed by atoms with Gasteiger partial charge >= 0.3 is 0 Å². The third kappa shape index (κ3) is 3.17. The van der Waals surface area contributed by atoms with Gasteiger partial charge in [0, 0.05) is 16.5 Å². The molecule has 0 aliphatic carbocycles. The second-order valence-corrected chi connectivity index (χ2v) is 8.02. The van der Waals surface area contributed by atoms with Crippen molar-refractivity contribution in [2.75, 3.05) is 6.54 Å². The van der Waals surface area contributed by atoms with E-state index in [1.165, 1.54) is 23.1 Å². The molecular formula is C17H27NS. The van der Waals surface area contributed by atoms with Gasteiger partial charge in [-0.25, -0.2) is 0 Å². The molecule has 2 rings (SSSR count). The molecule has 1 aliphatic rings. The number of hydrogen-bond donors (Lipinski definition) is 1. The van der Waals surface area contributed by atoms with Crippen molar-refractivity contribution in [3.05, 3.63) is 34.9 Å². The number of benzene rings is 1. The fourth-order valence-electron chi connectivity index (χ4n) is 2.74. The maximum absolute atomic E-state index is 3.76. The molecular weight excluding hydrogens is 250 g/mol. The fourth-order valence-corrected chi connectivity index (χ4v) is 3.91. The first-order valence-electron chi connectivity index (χ1n) is 7.45. The lowest BCUT2D eigenvalue weighted by molar-refractivity contribution is 0.439. The van der Waals surface area contributed by atoms with Crippen LogP contribution in [0.15, 0.2) is 18.2 Å². The van der Waals surface area contributed by atoms with E-state index < -0.39 is 0 Å². The van der Waals surface area contributed by atoms with Crippen molar-refractivity contribution in [2.24, 2.45) is 0 Å². The van der Waals surface area contributed by atoms with Gasteiger partial charge in [0.2, 0.25) is 0 Å². The zero-order chi connectivity index (χ0) is 14.0. The molecule has 0 spiro atoms. The van der Waals surface area contributed by atoms with Crippen molar-refractivity contribution in [3.63, 3.8) is 0 Å². The van der Waals surface area contributed by atoms with Crippen LogP contribution in [0.4, 0.5) is 0 Å². The Morgan fingerprint density at radius 1 is 1.37 bits per heavy atom. The molecule has 106 valence electrons.